The maximum absolute atomic E-state index is 12.3. The fourth-order valence-electron chi connectivity index (χ4n) is 2.16. The lowest BCUT2D eigenvalue weighted by Crippen LogP contribution is -2.29. The Morgan fingerprint density at radius 2 is 2.47 bits per heavy atom. The van der Waals surface area contributed by atoms with Gasteiger partial charge in [-0.25, -0.2) is 4.98 Å². The summed E-state index contributed by atoms with van der Waals surface area (Å²) in [6.07, 6.45) is 2.51. The number of nitrogens with zero attached hydrogens (tertiary/aromatic N) is 2. The van der Waals surface area contributed by atoms with E-state index < -0.39 is 0 Å². The van der Waals surface area contributed by atoms with Crippen LogP contribution in [0.25, 0.3) is 0 Å². The highest BCUT2D eigenvalue weighted by atomic mass is 79.9. The minimum atomic E-state index is 0.00358. The normalized spacial score (nSPS) is 18.9. The van der Waals surface area contributed by atoms with Crippen LogP contribution in [-0.2, 0) is 4.74 Å². The molecule has 0 saturated carbocycles. The molecule has 19 heavy (non-hydrogen) atoms. The second-order valence-electron chi connectivity index (χ2n) is 4.56. The van der Waals surface area contributed by atoms with E-state index >= 15 is 0 Å². The van der Waals surface area contributed by atoms with E-state index in [9.17, 15) is 4.79 Å². The first kappa shape index (κ1) is 14.8. The Balaban J connectivity index is 1.99. The van der Waals surface area contributed by atoms with Gasteiger partial charge in [-0.15, -0.1) is 0 Å². The average molecular weight is 348 g/mol. The topological polar surface area (TPSA) is 42.4 Å². The number of halogens is 2. The van der Waals surface area contributed by atoms with Crippen molar-refractivity contribution in [2.24, 2.45) is 5.92 Å². The lowest BCUT2D eigenvalue weighted by atomic mass is 10.1. The fraction of sp³-hybridized carbons (Fsp3) is 0.538. The zero-order chi connectivity index (χ0) is 13.8. The number of rotatable bonds is 4. The molecule has 2 heterocycles. The monoisotopic (exact) mass is 346 g/mol. The van der Waals surface area contributed by atoms with E-state index in [0.717, 1.165) is 32.7 Å². The van der Waals surface area contributed by atoms with Crippen molar-refractivity contribution in [3.63, 3.8) is 0 Å². The van der Waals surface area contributed by atoms with E-state index in [0.29, 0.717) is 21.1 Å². The van der Waals surface area contributed by atoms with Crippen molar-refractivity contribution < 1.29 is 9.53 Å². The molecule has 1 aliphatic heterocycles. The SMILES string of the molecule is CCOC[C@@H]1CCN(C(=O)c2cnc(Cl)c(Br)c2)C1. The summed E-state index contributed by atoms with van der Waals surface area (Å²) >= 11 is 9.11. The van der Waals surface area contributed by atoms with Crippen LogP contribution in [0.3, 0.4) is 0 Å². The number of carbonyl (C=O) groups is 1. The summed E-state index contributed by atoms with van der Waals surface area (Å²) in [5.41, 5.74) is 0.563. The number of likely N-dealkylation sites (tertiary alicyclic amines) is 1. The van der Waals surface area contributed by atoms with Crippen LogP contribution in [0, 0.1) is 5.92 Å². The fourth-order valence-corrected chi connectivity index (χ4v) is 2.61. The van der Waals surface area contributed by atoms with Gasteiger partial charge in [0.05, 0.1) is 16.6 Å². The average Bonchev–Trinajstić information content (AvgIpc) is 2.87. The number of hydrogen-bond donors (Lipinski definition) is 0. The van der Waals surface area contributed by atoms with Gasteiger partial charge in [0.25, 0.3) is 5.91 Å². The van der Waals surface area contributed by atoms with E-state index in [1.54, 1.807) is 6.07 Å². The molecule has 6 heteroatoms. The number of carbonyl (C=O) groups excluding carboxylic acids is 1. The number of amides is 1. The molecule has 0 bridgehead atoms. The molecule has 0 radical (unpaired) electrons. The molecule has 0 aliphatic carbocycles. The van der Waals surface area contributed by atoms with Crippen LogP contribution in [0.1, 0.15) is 23.7 Å². The van der Waals surface area contributed by atoms with Crippen molar-refractivity contribution in [2.75, 3.05) is 26.3 Å². The summed E-state index contributed by atoms with van der Waals surface area (Å²) in [4.78, 5) is 18.1. The minimum absolute atomic E-state index is 0.00358. The number of ether oxygens (including phenoxy) is 1. The Kier molecular flexibility index (Phi) is 5.19. The van der Waals surface area contributed by atoms with Gasteiger partial charge < -0.3 is 9.64 Å². The van der Waals surface area contributed by atoms with E-state index in [1.807, 2.05) is 11.8 Å². The Morgan fingerprint density at radius 3 is 3.16 bits per heavy atom. The third-order valence-electron chi connectivity index (χ3n) is 3.17. The molecule has 2 rings (SSSR count). The van der Waals surface area contributed by atoms with Gasteiger partial charge in [-0.3, -0.25) is 4.79 Å². The molecular formula is C13H16BrClN2O2. The lowest BCUT2D eigenvalue weighted by Gasteiger charge is -2.16. The molecule has 0 aromatic carbocycles. The third kappa shape index (κ3) is 3.68. The largest absolute Gasteiger partial charge is 0.381 e. The van der Waals surface area contributed by atoms with Gasteiger partial charge in [0, 0.05) is 31.8 Å². The highest BCUT2D eigenvalue weighted by Gasteiger charge is 2.27. The number of pyridine rings is 1. The van der Waals surface area contributed by atoms with Crippen molar-refractivity contribution in [1.29, 1.82) is 0 Å². The molecule has 1 aliphatic rings. The van der Waals surface area contributed by atoms with E-state index in [4.69, 9.17) is 16.3 Å². The van der Waals surface area contributed by atoms with Gasteiger partial charge in [-0.05, 0) is 35.3 Å². The molecule has 0 N–H and O–H groups in total. The van der Waals surface area contributed by atoms with E-state index in [2.05, 4.69) is 20.9 Å². The van der Waals surface area contributed by atoms with Gasteiger partial charge in [0.2, 0.25) is 0 Å². The lowest BCUT2D eigenvalue weighted by molar-refractivity contribution is 0.0762. The summed E-state index contributed by atoms with van der Waals surface area (Å²) in [6, 6.07) is 1.72. The smallest absolute Gasteiger partial charge is 0.255 e. The molecule has 1 amide bonds. The van der Waals surface area contributed by atoms with Crippen LogP contribution in [0.2, 0.25) is 5.15 Å². The van der Waals surface area contributed by atoms with E-state index in [1.165, 1.54) is 6.20 Å². The first-order valence-corrected chi connectivity index (χ1v) is 7.47. The molecular weight excluding hydrogens is 332 g/mol. The first-order valence-electron chi connectivity index (χ1n) is 6.30. The van der Waals surface area contributed by atoms with Crippen molar-refractivity contribution >= 4 is 33.4 Å². The maximum atomic E-state index is 12.3. The predicted molar refractivity (Wildman–Crippen MR) is 77.5 cm³/mol. The van der Waals surface area contributed by atoms with Gasteiger partial charge in [-0.1, -0.05) is 11.6 Å². The van der Waals surface area contributed by atoms with Gasteiger partial charge in [0.15, 0.2) is 0 Å². The molecule has 1 atom stereocenters. The van der Waals surface area contributed by atoms with Gasteiger partial charge in [0.1, 0.15) is 5.15 Å². The highest BCUT2D eigenvalue weighted by Crippen LogP contribution is 2.23. The molecule has 1 saturated heterocycles. The van der Waals surface area contributed by atoms with Crippen molar-refractivity contribution in [2.45, 2.75) is 13.3 Å². The molecule has 1 aromatic heterocycles. The van der Waals surface area contributed by atoms with Crippen molar-refractivity contribution in [3.8, 4) is 0 Å². The molecule has 1 fully saturated rings. The third-order valence-corrected chi connectivity index (χ3v) is 4.31. The summed E-state index contributed by atoms with van der Waals surface area (Å²) in [6.45, 7) is 4.95. The summed E-state index contributed by atoms with van der Waals surface area (Å²) < 4.78 is 6.05. The number of aromatic nitrogens is 1. The Bertz CT molecular complexity index is 470. The van der Waals surface area contributed by atoms with Crippen molar-refractivity contribution in [1.82, 2.24) is 9.88 Å². The zero-order valence-electron chi connectivity index (χ0n) is 10.7. The Hall–Kier alpha value is -0.650. The number of hydrogen-bond acceptors (Lipinski definition) is 3. The van der Waals surface area contributed by atoms with Crippen LogP contribution < -0.4 is 0 Å². The van der Waals surface area contributed by atoms with E-state index in [-0.39, 0.29) is 5.91 Å². The Labute approximate surface area is 126 Å². The molecule has 0 unspecified atom stereocenters. The highest BCUT2D eigenvalue weighted by molar-refractivity contribution is 9.10. The minimum Gasteiger partial charge on any atom is -0.381 e. The summed E-state index contributed by atoms with van der Waals surface area (Å²) in [5, 5.41) is 0.368. The zero-order valence-corrected chi connectivity index (χ0v) is 13.1. The standard InChI is InChI=1S/C13H16BrClN2O2/c1-2-19-8-9-3-4-17(7-9)13(18)10-5-11(14)12(15)16-6-10/h5-6,9H,2-4,7-8H2,1H3/t9-/m1/s1. The molecule has 1 aromatic rings. The molecule has 4 nitrogen and oxygen atoms in total. The Morgan fingerprint density at radius 1 is 1.68 bits per heavy atom. The first-order chi connectivity index (χ1) is 9.11. The summed E-state index contributed by atoms with van der Waals surface area (Å²) in [7, 11) is 0. The van der Waals surface area contributed by atoms with Crippen LogP contribution in [0.5, 0.6) is 0 Å². The van der Waals surface area contributed by atoms with Gasteiger partial charge in [-0.2, -0.15) is 0 Å². The molecule has 0 spiro atoms. The molecule has 104 valence electrons. The predicted octanol–water partition coefficient (Wildman–Crippen LogP) is 3.00. The van der Waals surface area contributed by atoms with Crippen LogP contribution in [0.4, 0.5) is 0 Å². The maximum Gasteiger partial charge on any atom is 0.255 e. The van der Waals surface area contributed by atoms with Crippen molar-refractivity contribution in [3.05, 3.63) is 27.5 Å². The second kappa shape index (κ2) is 6.68. The van der Waals surface area contributed by atoms with Gasteiger partial charge >= 0.3 is 0 Å². The van der Waals surface area contributed by atoms with Crippen LogP contribution in [-0.4, -0.2) is 42.1 Å². The quantitative estimate of drug-likeness (QED) is 0.786. The van der Waals surface area contributed by atoms with Crippen LogP contribution in [0.15, 0.2) is 16.7 Å². The summed E-state index contributed by atoms with van der Waals surface area (Å²) in [5.74, 6) is 0.441. The van der Waals surface area contributed by atoms with Crippen LogP contribution >= 0.6 is 27.5 Å². The second-order valence-corrected chi connectivity index (χ2v) is 5.77.